The van der Waals surface area contributed by atoms with Gasteiger partial charge in [0, 0.05) is 8.80 Å². The van der Waals surface area contributed by atoms with Gasteiger partial charge >= 0.3 is 12.3 Å². The Balaban J connectivity index is 1.69. The Hall–Kier alpha value is -1.96. The van der Waals surface area contributed by atoms with Crippen molar-refractivity contribution in [2.24, 2.45) is 0 Å². The number of hydrogen-bond donors (Lipinski definition) is 0. The Labute approximate surface area is 180 Å². The Morgan fingerprint density at radius 3 is 2.10 bits per heavy atom. The minimum atomic E-state index is -4.49. The van der Waals surface area contributed by atoms with E-state index in [9.17, 15) is 26.3 Å². The second-order valence-corrected chi connectivity index (χ2v) is 11.7. The molecule has 170 valence electrons. The molecule has 1 nitrogen and oxygen atoms in total. The van der Waals surface area contributed by atoms with Gasteiger partial charge in [0.25, 0.3) is 0 Å². The third-order valence-electron chi connectivity index (χ3n) is 5.99. The lowest BCUT2D eigenvalue weighted by Gasteiger charge is -2.27. The van der Waals surface area contributed by atoms with Crippen molar-refractivity contribution >= 4 is 8.80 Å². The lowest BCUT2D eigenvalue weighted by molar-refractivity contribution is -0.148. The van der Waals surface area contributed by atoms with Crippen LogP contribution in [-0.2, 0) is 0 Å². The summed E-state index contributed by atoms with van der Waals surface area (Å²) in [7, 11) is -0.570. The number of hydrogen-bond acceptors (Lipinski definition) is 1. The van der Waals surface area contributed by atoms with Crippen LogP contribution in [0, 0.1) is 11.6 Å². The third-order valence-corrected chi connectivity index (χ3v) is 9.68. The standard InChI is InChI=1S/C23H26F6OSi/c1-2-9-31-10-7-17(8-11-31)15-3-5-16(6-4-15)18-12-19(24)21(20(25)13-18)30-14-23(28,29)22(26)27/h3-6,12-13,17,22,31H,2,7-11,14H2,1H3. The van der Waals surface area contributed by atoms with E-state index in [0.29, 0.717) is 11.5 Å². The summed E-state index contributed by atoms with van der Waals surface area (Å²) in [6.07, 6.45) is -0.341. The fraction of sp³-hybridized carbons (Fsp3) is 0.478. The molecule has 0 atom stereocenters. The van der Waals surface area contributed by atoms with E-state index >= 15 is 0 Å². The number of rotatable bonds is 8. The lowest BCUT2D eigenvalue weighted by atomic mass is 9.92. The highest BCUT2D eigenvalue weighted by Crippen LogP contribution is 2.36. The zero-order chi connectivity index (χ0) is 22.6. The van der Waals surface area contributed by atoms with Crippen molar-refractivity contribution in [3.63, 3.8) is 0 Å². The maximum absolute atomic E-state index is 14.2. The van der Waals surface area contributed by atoms with Gasteiger partial charge < -0.3 is 4.74 Å². The van der Waals surface area contributed by atoms with Crippen LogP contribution in [0.4, 0.5) is 26.3 Å². The molecular weight excluding hydrogens is 434 g/mol. The predicted molar refractivity (Wildman–Crippen MR) is 112 cm³/mol. The molecule has 1 fully saturated rings. The molecule has 0 radical (unpaired) electrons. The van der Waals surface area contributed by atoms with Gasteiger partial charge in [0.2, 0.25) is 0 Å². The Bertz CT molecular complexity index is 840. The van der Waals surface area contributed by atoms with Crippen LogP contribution in [0.5, 0.6) is 5.75 Å². The molecule has 0 N–H and O–H groups in total. The molecule has 1 saturated heterocycles. The lowest BCUT2D eigenvalue weighted by Crippen LogP contribution is -2.34. The van der Waals surface area contributed by atoms with E-state index < -0.39 is 45.1 Å². The maximum Gasteiger partial charge on any atom is 0.340 e. The van der Waals surface area contributed by atoms with Gasteiger partial charge in [-0.05, 0) is 47.6 Å². The highest BCUT2D eigenvalue weighted by atomic mass is 28.3. The summed E-state index contributed by atoms with van der Waals surface area (Å²) in [5.74, 6) is -7.51. The van der Waals surface area contributed by atoms with Gasteiger partial charge in [-0.2, -0.15) is 8.78 Å². The van der Waals surface area contributed by atoms with Crippen molar-refractivity contribution in [1.82, 2.24) is 0 Å². The first kappa shape index (κ1) is 23.7. The zero-order valence-corrected chi connectivity index (χ0v) is 18.5. The maximum atomic E-state index is 14.2. The summed E-state index contributed by atoms with van der Waals surface area (Å²) in [6.45, 7) is 0.427. The van der Waals surface area contributed by atoms with Crippen molar-refractivity contribution in [2.75, 3.05) is 6.61 Å². The Morgan fingerprint density at radius 2 is 1.58 bits per heavy atom. The minimum Gasteiger partial charge on any atom is -0.481 e. The third kappa shape index (κ3) is 5.84. The van der Waals surface area contributed by atoms with Crippen LogP contribution < -0.4 is 4.74 Å². The Kier molecular flexibility index (Phi) is 7.72. The van der Waals surface area contributed by atoms with Crippen LogP contribution in [0.3, 0.4) is 0 Å². The summed E-state index contributed by atoms with van der Waals surface area (Å²) in [5, 5.41) is 0. The number of alkyl halides is 4. The summed E-state index contributed by atoms with van der Waals surface area (Å²) in [5.41, 5.74) is 2.00. The molecule has 0 spiro atoms. The highest BCUT2D eigenvalue weighted by molar-refractivity contribution is 6.59. The van der Waals surface area contributed by atoms with Gasteiger partial charge in [0.05, 0.1) is 0 Å². The molecule has 0 amide bonds. The van der Waals surface area contributed by atoms with E-state index in [-0.39, 0.29) is 5.56 Å². The molecule has 0 aliphatic carbocycles. The molecule has 0 unspecified atom stereocenters. The van der Waals surface area contributed by atoms with Crippen LogP contribution in [0.15, 0.2) is 36.4 Å². The van der Waals surface area contributed by atoms with Gasteiger partial charge in [-0.15, -0.1) is 0 Å². The average Bonchev–Trinajstić information content (AvgIpc) is 2.74. The topological polar surface area (TPSA) is 9.23 Å². The van der Waals surface area contributed by atoms with E-state index in [1.54, 1.807) is 12.1 Å². The summed E-state index contributed by atoms with van der Waals surface area (Å²) >= 11 is 0. The number of benzene rings is 2. The van der Waals surface area contributed by atoms with Crippen molar-refractivity contribution < 1.29 is 31.1 Å². The molecular formula is C23H26F6OSi. The largest absolute Gasteiger partial charge is 0.481 e. The average molecular weight is 461 g/mol. The van der Waals surface area contributed by atoms with Crippen LogP contribution in [0.25, 0.3) is 11.1 Å². The van der Waals surface area contributed by atoms with E-state index in [4.69, 9.17) is 0 Å². The summed E-state index contributed by atoms with van der Waals surface area (Å²) in [4.78, 5) is 0. The van der Waals surface area contributed by atoms with E-state index in [1.165, 1.54) is 43.0 Å². The van der Waals surface area contributed by atoms with Crippen LogP contribution in [0.2, 0.25) is 18.1 Å². The van der Waals surface area contributed by atoms with Crippen LogP contribution in [0.1, 0.15) is 37.7 Å². The second kappa shape index (κ2) is 10.1. The molecule has 3 rings (SSSR count). The molecule has 31 heavy (non-hydrogen) atoms. The zero-order valence-electron chi connectivity index (χ0n) is 17.3. The Morgan fingerprint density at radius 1 is 1.00 bits per heavy atom. The predicted octanol–water partition coefficient (Wildman–Crippen LogP) is 7.43. The normalized spacial score (nSPS) is 19.6. The SMILES string of the molecule is CCC[SiH]1CCC(c2ccc(-c3cc(F)c(OCC(F)(F)C(F)F)c(F)c3)cc2)CC1. The molecule has 0 saturated carbocycles. The summed E-state index contributed by atoms with van der Waals surface area (Å²) in [6, 6.07) is 13.5. The molecule has 1 heterocycles. The molecule has 2 aromatic rings. The smallest absolute Gasteiger partial charge is 0.340 e. The van der Waals surface area contributed by atoms with Crippen LogP contribution in [-0.4, -0.2) is 27.8 Å². The van der Waals surface area contributed by atoms with Crippen molar-refractivity contribution in [2.45, 2.75) is 62.6 Å². The van der Waals surface area contributed by atoms with Gasteiger partial charge in [0.1, 0.15) is 0 Å². The van der Waals surface area contributed by atoms with Crippen molar-refractivity contribution in [3.05, 3.63) is 53.6 Å². The first-order chi connectivity index (χ1) is 14.7. The second-order valence-electron chi connectivity index (χ2n) is 8.25. The van der Waals surface area contributed by atoms with Crippen molar-refractivity contribution in [1.29, 1.82) is 0 Å². The number of ether oxygens (including phenoxy) is 1. The first-order valence-corrected chi connectivity index (χ1v) is 13.0. The van der Waals surface area contributed by atoms with Gasteiger partial charge in [-0.1, -0.05) is 55.7 Å². The first-order valence-electron chi connectivity index (χ1n) is 10.6. The van der Waals surface area contributed by atoms with Gasteiger partial charge in [0.15, 0.2) is 24.0 Å². The molecule has 0 bridgehead atoms. The monoisotopic (exact) mass is 460 g/mol. The molecule has 0 aromatic heterocycles. The molecule has 1 aliphatic rings. The quantitative estimate of drug-likeness (QED) is 0.294. The van der Waals surface area contributed by atoms with E-state index in [1.807, 2.05) is 12.1 Å². The fourth-order valence-corrected chi connectivity index (χ4v) is 7.67. The van der Waals surface area contributed by atoms with Gasteiger partial charge in [-0.25, -0.2) is 17.6 Å². The highest BCUT2D eigenvalue weighted by Gasteiger charge is 2.42. The van der Waals surface area contributed by atoms with Crippen molar-refractivity contribution in [3.8, 4) is 16.9 Å². The summed E-state index contributed by atoms with van der Waals surface area (Å²) < 4.78 is 83.2. The number of halogens is 6. The minimum absolute atomic E-state index is 0.216. The fourth-order valence-electron chi connectivity index (χ4n) is 4.24. The molecule has 8 heteroatoms. The van der Waals surface area contributed by atoms with Crippen LogP contribution >= 0.6 is 0 Å². The molecule has 1 aliphatic heterocycles. The van der Waals surface area contributed by atoms with E-state index in [0.717, 1.165) is 12.1 Å². The molecule has 2 aromatic carbocycles. The van der Waals surface area contributed by atoms with Gasteiger partial charge in [-0.3, -0.25) is 0 Å². The van der Waals surface area contributed by atoms with E-state index in [2.05, 4.69) is 11.7 Å².